The van der Waals surface area contributed by atoms with E-state index in [0.29, 0.717) is 17.3 Å². The summed E-state index contributed by atoms with van der Waals surface area (Å²) in [5.74, 6) is 0.363. The third-order valence-electron chi connectivity index (χ3n) is 3.65. The quantitative estimate of drug-likeness (QED) is 0.787. The second-order valence-electron chi connectivity index (χ2n) is 5.61. The summed E-state index contributed by atoms with van der Waals surface area (Å²) >= 11 is 0. The highest BCUT2D eigenvalue weighted by Crippen LogP contribution is 2.46. The molecular weight excluding hydrogens is 288 g/mol. The van der Waals surface area contributed by atoms with Crippen molar-refractivity contribution in [3.8, 4) is 0 Å². The molecule has 0 unspecified atom stereocenters. The van der Waals surface area contributed by atoms with Gasteiger partial charge in [0.1, 0.15) is 0 Å². The number of hydrogen-bond donors (Lipinski definition) is 2. The third kappa shape index (κ3) is 3.39. The van der Waals surface area contributed by atoms with Crippen LogP contribution in [0.2, 0.25) is 0 Å². The van der Waals surface area contributed by atoms with Crippen molar-refractivity contribution in [2.45, 2.75) is 25.7 Å². The number of aliphatic hydroxyl groups excluding tert-OH is 1. The number of allylic oxidation sites excluding steroid dienone is 1. The van der Waals surface area contributed by atoms with Crippen molar-refractivity contribution in [1.82, 2.24) is 0 Å². The molecule has 0 saturated heterocycles. The number of anilines is 2. The smallest absolute Gasteiger partial charge is 0.232 e. The normalized spacial score (nSPS) is 15.0. The van der Waals surface area contributed by atoms with Gasteiger partial charge in [-0.15, -0.1) is 0 Å². The van der Waals surface area contributed by atoms with E-state index >= 15 is 0 Å². The van der Waals surface area contributed by atoms with Crippen LogP contribution in [0.1, 0.15) is 36.8 Å². The molecule has 116 valence electrons. The Balaban J connectivity index is 2.61. The molecule has 1 aliphatic carbocycles. The van der Waals surface area contributed by atoms with Crippen LogP contribution in [0.25, 0.3) is 5.57 Å². The van der Waals surface area contributed by atoms with E-state index in [9.17, 15) is 8.42 Å². The summed E-state index contributed by atoms with van der Waals surface area (Å²) in [4.78, 5) is 0. The highest BCUT2D eigenvalue weighted by atomic mass is 32.2. The van der Waals surface area contributed by atoms with E-state index < -0.39 is 10.0 Å². The van der Waals surface area contributed by atoms with Crippen molar-refractivity contribution in [2.75, 3.05) is 29.4 Å². The van der Waals surface area contributed by atoms with Crippen LogP contribution in [0.15, 0.2) is 18.7 Å². The highest BCUT2D eigenvalue weighted by molar-refractivity contribution is 7.92. The molecule has 0 spiro atoms. The summed E-state index contributed by atoms with van der Waals surface area (Å²) in [6, 6.07) is 3.63. The van der Waals surface area contributed by atoms with Gasteiger partial charge in [0.2, 0.25) is 10.0 Å². The molecule has 0 bridgehead atoms. The summed E-state index contributed by atoms with van der Waals surface area (Å²) in [5, 5.41) is 9.17. The first-order valence-electron chi connectivity index (χ1n) is 6.93. The van der Waals surface area contributed by atoms with E-state index in [0.717, 1.165) is 35.8 Å². The van der Waals surface area contributed by atoms with Gasteiger partial charge in [-0.25, -0.2) is 8.42 Å². The Hall–Kier alpha value is -1.53. The van der Waals surface area contributed by atoms with E-state index in [1.54, 1.807) is 6.07 Å². The Morgan fingerprint density at radius 3 is 2.52 bits per heavy atom. The van der Waals surface area contributed by atoms with Gasteiger partial charge < -0.3 is 10.8 Å². The molecule has 0 radical (unpaired) electrons. The zero-order chi connectivity index (χ0) is 15.8. The molecule has 2 rings (SSSR count). The van der Waals surface area contributed by atoms with Gasteiger partial charge in [-0.2, -0.15) is 0 Å². The number of nitrogen functional groups attached to an aromatic ring is 1. The molecule has 21 heavy (non-hydrogen) atoms. The van der Waals surface area contributed by atoms with E-state index in [-0.39, 0.29) is 13.2 Å². The van der Waals surface area contributed by atoms with Crippen LogP contribution in [0.4, 0.5) is 11.4 Å². The maximum atomic E-state index is 12.0. The molecule has 1 aromatic rings. The van der Waals surface area contributed by atoms with Crippen molar-refractivity contribution in [3.63, 3.8) is 0 Å². The molecule has 0 amide bonds. The number of sulfonamides is 1. The maximum Gasteiger partial charge on any atom is 0.232 e. The summed E-state index contributed by atoms with van der Waals surface area (Å²) in [6.45, 7) is 5.59. The minimum absolute atomic E-state index is 0.0322. The number of nitrogens with zero attached hydrogens (tertiary/aromatic N) is 1. The van der Waals surface area contributed by atoms with Crippen LogP contribution in [-0.4, -0.2) is 32.9 Å². The van der Waals surface area contributed by atoms with E-state index in [2.05, 4.69) is 6.58 Å². The second kappa shape index (κ2) is 5.69. The standard InChI is InChI=1S/C15H22N2O3S/c1-10(2)12-8-13(11-4-5-11)15(9-14(12)16)17(6-7-18)21(3,19)20/h8-9,11,18H,1,4-7,16H2,2-3H3. The lowest BCUT2D eigenvalue weighted by Crippen LogP contribution is -2.33. The topological polar surface area (TPSA) is 83.6 Å². The predicted molar refractivity (Wildman–Crippen MR) is 86.8 cm³/mol. The van der Waals surface area contributed by atoms with E-state index in [1.807, 2.05) is 13.0 Å². The Bertz CT molecular complexity index is 664. The summed E-state index contributed by atoms with van der Waals surface area (Å²) in [7, 11) is -3.46. The summed E-state index contributed by atoms with van der Waals surface area (Å²) < 4.78 is 25.2. The minimum Gasteiger partial charge on any atom is -0.398 e. The van der Waals surface area contributed by atoms with Crippen molar-refractivity contribution in [3.05, 3.63) is 29.8 Å². The van der Waals surface area contributed by atoms with Crippen molar-refractivity contribution < 1.29 is 13.5 Å². The van der Waals surface area contributed by atoms with Crippen LogP contribution in [0.5, 0.6) is 0 Å². The summed E-state index contributed by atoms with van der Waals surface area (Å²) in [6.07, 6.45) is 3.23. The molecule has 6 heteroatoms. The predicted octanol–water partition coefficient (Wildman–Crippen LogP) is 1.94. The first kappa shape index (κ1) is 15.9. The SMILES string of the molecule is C=C(C)c1cc(C2CC2)c(N(CCO)S(C)(=O)=O)cc1N. The van der Waals surface area contributed by atoms with Gasteiger partial charge in [0.25, 0.3) is 0 Å². The lowest BCUT2D eigenvalue weighted by molar-refractivity contribution is 0.306. The van der Waals surface area contributed by atoms with Crippen LogP contribution in [0, 0.1) is 0 Å². The first-order chi connectivity index (χ1) is 9.75. The minimum atomic E-state index is -3.46. The fraction of sp³-hybridized carbons (Fsp3) is 0.467. The zero-order valence-electron chi connectivity index (χ0n) is 12.5. The van der Waals surface area contributed by atoms with Gasteiger partial charge in [-0.05, 0) is 49.0 Å². The average Bonchev–Trinajstić information content (AvgIpc) is 3.18. The summed E-state index contributed by atoms with van der Waals surface area (Å²) in [5.41, 5.74) is 9.82. The number of benzene rings is 1. The second-order valence-corrected chi connectivity index (χ2v) is 7.52. The maximum absolute atomic E-state index is 12.0. The molecule has 3 N–H and O–H groups in total. The zero-order valence-corrected chi connectivity index (χ0v) is 13.3. The van der Waals surface area contributed by atoms with Gasteiger partial charge >= 0.3 is 0 Å². The van der Waals surface area contributed by atoms with Crippen molar-refractivity contribution in [1.29, 1.82) is 0 Å². The third-order valence-corrected chi connectivity index (χ3v) is 4.83. The number of hydrogen-bond acceptors (Lipinski definition) is 4. The van der Waals surface area contributed by atoms with Crippen LogP contribution < -0.4 is 10.0 Å². The molecule has 1 fully saturated rings. The van der Waals surface area contributed by atoms with Gasteiger partial charge in [0, 0.05) is 11.3 Å². The van der Waals surface area contributed by atoms with Crippen LogP contribution >= 0.6 is 0 Å². The molecule has 1 saturated carbocycles. The van der Waals surface area contributed by atoms with E-state index in [1.165, 1.54) is 4.31 Å². The monoisotopic (exact) mass is 310 g/mol. The molecule has 0 aromatic heterocycles. The van der Waals surface area contributed by atoms with E-state index in [4.69, 9.17) is 10.8 Å². The lowest BCUT2D eigenvalue weighted by atomic mass is 9.99. The highest BCUT2D eigenvalue weighted by Gasteiger charge is 2.31. The molecule has 0 heterocycles. The van der Waals surface area contributed by atoms with Gasteiger partial charge in [0.05, 0.1) is 25.1 Å². The number of aliphatic hydroxyl groups is 1. The average molecular weight is 310 g/mol. The van der Waals surface area contributed by atoms with Gasteiger partial charge in [0.15, 0.2) is 0 Å². The Morgan fingerprint density at radius 2 is 2.10 bits per heavy atom. The molecule has 1 aliphatic rings. The van der Waals surface area contributed by atoms with Crippen LogP contribution in [-0.2, 0) is 10.0 Å². The lowest BCUT2D eigenvalue weighted by Gasteiger charge is -2.25. The molecule has 0 atom stereocenters. The first-order valence-corrected chi connectivity index (χ1v) is 8.78. The van der Waals surface area contributed by atoms with Gasteiger partial charge in [-0.3, -0.25) is 4.31 Å². The van der Waals surface area contributed by atoms with Crippen LogP contribution in [0.3, 0.4) is 0 Å². The number of nitrogens with two attached hydrogens (primary N) is 1. The Kier molecular flexibility index (Phi) is 4.30. The fourth-order valence-corrected chi connectivity index (χ4v) is 3.41. The van der Waals surface area contributed by atoms with Crippen molar-refractivity contribution >= 4 is 27.0 Å². The Labute approximate surface area is 126 Å². The number of rotatable bonds is 6. The largest absolute Gasteiger partial charge is 0.398 e. The van der Waals surface area contributed by atoms with Gasteiger partial charge in [-0.1, -0.05) is 6.58 Å². The molecular formula is C15H22N2O3S. The fourth-order valence-electron chi connectivity index (χ4n) is 2.48. The van der Waals surface area contributed by atoms with Crippen molar-refractivity contribution in [2.24, 2.45) is 0 Å². The Morgan fingerprint density at radius 1 is 1.48 bits per heavy atom. The molecule has 0 aliphatic heterocycles. The molecule has 1 aromatic carbocycles. The molecule has 5 nitrogen and oxygen atoms in total.